The van der Waals surface area contributed by atoms with Crippen LogP contribution < -0.4 is 5.32 Å². The summed E-state index contributed by atoms with van der Waals surface area (Å²) >= 11 is 0. The van der Waals surface area contributed by atoms with Gasteiger partial charge in [-0.05, 0) is 68.0 Å². The van der Waals surface area contributed by atoms with Crippen molar-refractivity contribution in [3.8, 4) is 0 Å². The highest BCUT2D eigenvalue weighted by Crippen LogP contribution is 2.24. The van der Waals surface area contributed by atoms with Crippen LogP contribution in [0.5, 0.6) is 0 Å². The molecule has 5 nitrogen and oxygen atoms in total. The predicted molar refractivity (Wildman–Crippen MR) is 121 cm³/mol. The predicted octanol–water partition coefficient (Wildman–Crippen LogP) is 5.15. The first-order chi connectivity index (χ1) is 14.4. The summed E-state index contributed by atoms with van der Waals surface area (Å²) in [5.41, 5.74) is 2.97. The van der Waals surface area contributed by atoms with E-state index in [1.807, 2.05) is 24.3 Å². The number of carbonyl (C=O) groups excluding carboxylic acids is 1. The maximum atomic E-state index is 13.2. The molecule has 1 fully saturated rings. The largest absolute Gasteiger partial charge is 0.322 e. The molecule has 1 N–H and O–H groups in total. The van der Waals surface area contributed by atoms with Crippen molar-refractivity contribution >= 4 is 21.6 Å². The number of nitrogens with zero attached hydrogens (tertiary/aromatic N) is 1. The van der Waals surface area contributed by atoms with Crippen molar-refractivity contribution in [2.45, 2.75) is 63.7 Å². The van der Waals surface area contributed by atoms with Crippen LogP contribution in [0.1, 0.15) is 66.9 Å². The zero-order chi connectivity index (χ0) is 21.6. The average molecular weight is 429 g/mol. The maximum Gasteiger partial charge on any atom is 0.255 e. The minimum absolute atomic E-state index is 0.229. The fraction of sp³-hybridized carbons (Fsp3) is 0.458. The zero-order valence-electron chi connectivity index (χ0n) is 18.0. The minimum atomic E-state index is -3.61. The Bertz CT molecular complexity index is 960. The van der Waals surface area contributed by atoms with Crippen molar-refractivity contribution in [1.29, 1.82) is 0 Å². The highest BCUT2D eigenvalue weighted by Gasteiger charge is 2.27. The van der Waals surface area contributed by atoms with Gasteiger partial charge in [0, 0.05) is 24.3 Å². The summed E-state index contributed by atoms with van der Waals surface area (Å²) in [6.07, 6.45) is 7.20. The van der Waals surface area contributed by atoms with Gasteiger partial charge in [0.25, 0.3) is 5.91 Å². The second-order valence-corrected chi connectivity index (χ2v) is 9.96. The molecule has 1 heterocycles. The van der Waals surface area contributed by atoms with Crippen LogP contribution in [-0.2, 0) is 16.4 Å². The Morgan fingerprint density at radius 3 is 2.30 bits per heavy atom. The van der Waals surface area contributed by atoms with Crippen molar-refractivity contribution in [3.05, 3.63) is 59.2 Å². The van der Waals surface area contributed by atoms with Crippen LogP contribution in [0, 0.1) is 6.92 Å². The summed E-state index contributed by atoms with van der Waals surface area (Å²) in [6.45, 7) is 5.03. The van der Waals surface area contributed by atoms with Crippen LogP contribution in [0.2, 0.25) is 0 Å². The van der Waals surface area contributed by atoms with E-state index in [1.54, 1.807) is 23.4 Å². The molecule has 2 aromatic carbocycles. The molecule has 30 heavy (non-hydrogen) atoms. The van der Waals surface area contributed by atoms with Gasteiger partial charge in [0.05, 0.1) is 4.90 Å². The molecule has 0 bridgehead atoms. The summed E-state index contributed by atoms with van der Waals surface area (Å²) in [4.78, 5) is 13.0. The lowest BCUT2D eigenvalue weighted by molar-refractivity contribution is 0.102. The number of anilines is 1. The Hall–Kier alpha value is -2.18. The van der Waals surface area contributed by atoms with E-state index in [4.69, 9.17) is 0 Å². The number of sulfonamides is 1. The smallest absolute Gasteiger partial charge is 0.255 e. The first kappa shape index (κ1) is 22.5. The van der Waals surface area contributed by atoms with Gasteiger partial charge in [0.2, 0.25) is 10.0 Å². The van der Waals surface area contributed by atoms with E-state index >= 15 is 0 Å². The molecule has 1 saturated heterocycles. The normalized spacial score (nSPS) is 15.5. The van der Waals surface area contributed by atoms with Crippen molar-refractivity contribution in [3.63, 3.8) is 0 Å². The van der Waals surface area contributed by atoms with Crippen LogP contribution in [-0.4, -0.2) is 31.7 Å². The van der Waals surface area contributed by atoms with E-state index in [-0.39, 0.29) is 10.8 Å². The van der Waals surface area contributed by atoms with Gasteiger partial charge < -0.3 is 5.32 Å². The Morgan fingerprint density at radius 2 is 1.67 bits per heavy atom. The zero-order valence-corrected chi connectivity index (χ0v) is 18.8. The van der Waals surface area contributed by atoms with Gasteiger partial charge in [0.15, 0.2) is 0 Å². The third kappa shape index (κ3) is 5.49. The highest BCUT2D eigenvalue weighted by molar-refractivity contribution is 7.89. The molecule has 0 aliphatic carbocycles. The van der Waals surface area contributed by atoms with Crippen molar-refractivity contribution in [2.75, 3.05) is 18.4 Å². The Labute approximate surface area is 180 Å². The number of unbranched alkanes of at least 4 members (excludes halogenated alkanes) is 1. The fourth-order valence-corrected chi connectivity index (χ4v) is 5.55. The molecule has 1 aliphatic heterocycles. The van der Waals surface area contributed by atoms with Crippen LogP contribution in [0.3, 0.4) is 0 Å². The van der Waals surface area contributed by atoms with Crippen molar-refractivity contribution in [1.82, 2.24) is 4.31 Å². The number of hydrogen-bond donors (Lipinski definition) is 1. The second-order valence-electron chi connectivity index (χ2n) is 8.05. The van der Waals surface area contributed by atoms with Gasteiger partial charge in [-0.15, -0.1) is 0 Å². The highest BCUT2D eigenvalue weighted by atomic mass is 32.2. The molecular weight excluding hydrogens is 396 g/mol. The van der Waals surface area contributed by atoms with Crippen LogP contribution in [0.4, 0.5) is 5.69 Å². The lowest BCUT2D eigenvalue weighted by Crippen LogP contribution is -2.32. The lowest BCUT2D eigenvalue weighted by Gasteiger charge is -2.21. The second kappa shape index (κ2) is 10.2. The summed E-state index contributed by atoms with van der Waals surface area (Å²) in [7, 11) is -3.61. The van der Waals surface area contributed by atoms with Gasteiger partial charge in [0.1, 0.15) is 0 Å². The monoisotopic (exact) mass is 428 g/mol. The Morgan fingerprint density at radius 1 is 1.00 bits per heavy atom. The summed E-state index contributed by atoms with van der Waals surface area (Å²) in [5, 5.41) is 2.88. The number of nitrogens with one attached hydrogen (secondary N) is 1. The molecule has 0 saturated carbocycles. The number of carbonyl (C=O) groups is 1. The number of rotatable bonds is 7. The van der Waals surface area contributed by atoms with E-state index in [0.29, 0.717) is 29.9 Å². The number of benzene rings is 2. The summed E-state index contributed by atoms with van der Waals surface area (Å²) in [6, 6.07) is 12.7. The first-order valence-electron chi connectivity index (χ1n) is 10.9. The molecule has 0 unspecified atom stereocenters. The molecule has 1 amide bonds. The topological polar surface area (TPSA) is 66.5 Å². The molecule has 3 rings (SSSR count). The minimum Gasteiger partial charge on any atom is -0.322 e. The molecule has 0 atom stereocenters. The number of aryl methyl sites for hydroxylation is 2. The van der Waals surface area contributed by atoms with E-state index in [2.05, 4.69) is 12.2 Å². The fourth-order valence-electron chi connectivity index (χ4n) is 3.78. The third-order valence-electron chi connectivity index (χ3n) is 5.66. The molecule has 0 radical (unpaired) electrons. The standard InChI is InChI=1S/C24H32N2O3S/c1-3-4-9-20-11-14-22(15-12-20)25-24(27)21-13-10-19(2)23(18-21)30(28,29)26-16-7-5-6-8-17-26/h10-15,18H,3-9,16-17H2,1-2H3,(H,25,27). The van der Waals surface area contributed by atoms with E-state index in [1.165, 1.54) is 11.6 Å². The molecular formula is C24H32N2O3S. The summed E-state index contributed by atoms with van der Waals surface area (Å²) in [5.74, 6) is -0.302. The SMILES string of the molecule is CCCCc1ccc(NC(=O)c2ccc(C)c(S(=O)(=O)N3CCCCCC3)c2)cc1. The number of amides is 1. The molecule has 0 aromatic heterocycles. The number of hydrogen-bond acceptors (Lipinski definition) is 3. The van der Waals surface area contributed by atoms with Gasteiger partial charge in [-0.3, -0.25) is 4.79 Å². The van der Waals surface area contributed by atoms with Gasteiger partial charge in [-0.1, -0.05) is 44.4 Å². The van der Waals surface area contributed by atoms with E-state index < -0.39 is 10.0 Å². The van der Waals surface area contributed by atoms with Gasteiger partial charge in [-0.2, -0.15) is 4.31 Å². The van der Waals surface area contributed by atoms with Crippen molar-refractivity contribution in [2.24, 2.45) is 0 Å². The van der Waals surface area contributed by atoms with E-state index in [0.717, 1.165) is 44.9 Å². The van der Waals surface area contributed by atoms with Gasteiger partial charge in [-0.25, -0.2) is 8.42 Å². The molecule has 6 heteroatoms. The van der Waals surface area contributed by atoms with Crippen molar-refractivity contribution < 1.29 is 13.2 Å². The van der Waals surface area contributed by atoms with Crippen LogP contribution in [0.15, 0.2) is 47.4 Å². The van der Waals surface area contributed by atoms with Crippen LogP contribution >= 0.6 is 0 Å². The summed E-state index contributed by atoms with van der Waals surface area (Å²) < 4.78 is 28.0. The Kier molecular flexibility index (Phi) is 7.67. The molecule has 1 aliphatic rings. The average Bonchev–Trinajstić information content (AvgIpc) is 3.03. The molecule has 2 aromatic rings. The Balaban J connectivity index is 1.77. The molecule has 0 spiro atoms. The third-order valence-corrected chi connectivity index (χ3v) is 7.70. The lowest BCUT2D eigenvalue weighted by atomic mass is 10.1. The quantitative estimate of drug-likeness (QED) is 0.663. The van der Waals surface area contributed by atoms with Gasteiger partial charge >= 0.3 is 0 Å². The molecule has 162 valence electrons. The first-order valence-corrected chi connectivity index (χ1v) is 12.4. The van der Waals surface area contributed by atoms with Crippen LogP contribution in [0.25, 0.3) is 0 Å². The maximum absolute atomic E-state index is 13.2. The van der Waals surface area contributed by atoms with E-state index in [9.17, 15) is 13.2 Å².